The Morgan fingerprint density at radius 2 is 2.15 bits per heavy atom. The molecule has 3 heteroatoms. The summed E-state index contributed by atoms with van der Waals surface area (Å²) in [4.78, 5) is 15.3. The molecule has 0 unspecified atom stereocenters. The van der Waals surface area contributed by atoms with Gasteiger partial charge in [0, 0.05) is 25.6 Å². The Labute approximate surface area is 76.0 Å². The highest BCUT2D eigenvalue weighted by atomic mass is 16.1. The fourth-order valence-corrected chi connectivity index (χ4v) is 1.33. The lowest BCUT2D eigenvalue weighted by atomic mass is 10.2. The van der Waals surface area contributed by atoms with E-state index < -0.39 is 0 Å². The van der Waals surface area contributed by atoms with Crippen LogP contribution in [0.2, 0.25) is 0 Å². The van der Waals surface area contributed by atoms with E-state index >= 15 is 0 Å². The predicted molar refractivity (Wildman–Crippen MR) is 50.7 cm³/mol. The third-order valence-electron chi connectivity index (χ3n) is 2.08. The molecule has 0 atom stereocenters. The van der Waals surface area contributed by atoms with Crippen molar-refractivity contribution in [2.75, 3.05) is 0 Å². The van der Waals surface area contributed by atoms with Crippen LogP contribution in [0, 0.1) is 0 Å². The number of rotatable bonds is 1. The van der Waals surface area contributed by atoms with Crippen LogP contribution in [-0.4, -0.2) is 15.3 Å². The van der Waals surface area contributed by atoms with E-state index in [-0.39, 0.29) is 5.78 Å². The summed E-state index contributed by atoms with van der Waals surface area (Å²) in [6.07, 6.45) is 1.93. The quantitative estimate of drug-likeness (QED) is 0.617. The van der Waals surface area contributed by atoms with Crippen LogP contribution in [0.15, 0.2) is 24.4 Å². The van der Waals surface area contributed by atoms with Gasteiger partial charge in [-0.05, 0) is 18.2 Å². The van der Waals surface area contributed by atoms with Crippen molar-refractivity contribution in [2.45, 2.75) is 6.92 Å². The number of ketones is 1. The van der Waals surface area contributed by atoms with Crippen LogP contribution in [0.25, 0.3) is 11.0 Å². The molecule has 3 nitrogen and oxygen atoms in total. The first-order valence-electron chi connectivity index (χ1n) is 4.11. The molecule has 0 radical (unpaired) electrons. The van der Waals surface area contributed by atoms with Gasteiger partial charge in [-0.2, -0.15) is 0 Å². The van der Waals surface area contributed by atoms with Crippen molar-refractivity contribution < 1.29 is 4.79 Å². The fourth-order valence-electron chi connectivity index (χ4n) is 1.33. The molecule has 0 aromatic carbocycles. The van der Waals surface area contributed by atoms with Crippen molar-refractivity contribution in [3.8, 4) is 0 Å². The maximum Gasteiger partial charge on any atom is 0.178 e. The summed E-state index contributed by atoms with van der Waals surface area (Å²) in [6, 6.07) is 5.65. The molecule has 0 N–H and O–H groups in total. The monoisotopic (exact) mass is 174 g/mol. The number of nitrogens with zero attached hydrogens (tertiary/aromatic N) is 2. The van der Waals surface area contributed by atoms with E-state index in [1.54, 1.807) is 6.07 Å². The summed E-state index contributed by atoms with van der Waals surface area (Å²) >= 11 is 0. The zero-order chi connectivity index (χ0) is 9.42. The van der Waals surface area contributed by atoms with Gasteiger partial charge >= 0.3 is 0 Å². The first-order valence-corrected chi connectivity index (χ1v) is 4.11. The highest BCUT2D eigenvalue weighted by Crippen LogP contribution is 2.12. The molecule has 0 fully saturated rings. The smallest absolute Gasteiger partial charge is 0.178 e. The second-order valence-corrected chi connectivity index (χ2v) is 3.09. The van der Waals surface area contributed by atoms with Crippen LogP contribution < -0.4 is 0 Å². The molecule has 2 heterocycles. The molecule has 13 heavy (non-hydrogen) atoms. The average Bonchev–Trinajstić information content (AvgIpc) is 2.47. The molecule has 0 aliphatic carbocycles. The van der Waals surface area contributed by atoms with Gasteiger partial charge in [0.25, 0.3) is 0 Å². The van der Waals surface area contributed by atoms with Gasteiger partial charge in [-0.15, -0.1) is 0 Å². The molecular weight excluding hydrogens is 164 g/mol. The minimum absolute atomic E-state index is 0.00287. The predicted octanol–water partition coefficient (Wildman–Crippen LogP) is 1.78. The van der Waals surface area contributed by atoms with E-state index in [0.717, 1.165) is 11.0 Å². The van der Waals surface area contributed by atoms with E-state index in [0.29, 0.717) is 5.69 Å². The Balaban J connectivity index is 2.72. The lowest BCUT2D eigenvalue weighted by molar-refractivity contribution is 0.101. The topological polar surface area (TPSA) is 34.9 Å². The number of aryl methyl sites for hydroxylation is 1. The standard InChI is InChI=1S/C10H10N2O/c1-7(13)9-4-3-8-5-6-12(2)10(8)11-9/h3-6H,1-2H3. The maximum atomic E-state index is 11.1. The van der Waals surface area contributed by atoms with Crippen molar-refractivity contribution in [1.82, 2.24) is 9.55 Å². The molecule has 0 amide bonds. The average molecular weight is 174 g/mol. The first-order chi connectivity index (χ1) is 6.18. The molecule has 2 aromatic rings. The van der Waals surface area contributed by atoms with Crippen LogP contribution in [0.4, 0.5) is 0 Å². The number of fused-ring (bicyclic) bond motifs is 1. The summed E-state index contributed by atoms with van der Waals surface area (Å²) in [5.41, 5.74) is 1.38. The number of pyridine rings is 1. The Morgan fingerprint density at radius 1 is 1.38 bits per heavy atom. The number of carbonyl (C=O) groups excluding carboxylic acids is 1. The van der Waals surface area contributed by atoms with Crippen molar-refractivity contribution >= 4 is 16.8 Å². The summed E-state index contributed by atoms with van der Waals surface area (Å²) in [5.74, 6) is 0.00287. The molecule has 0 aliphatic heterocycles. The minimum Gasteiger partial charge on any atom is -0.336 e. The SMILES string of the molecule is CC(=O)c1ccc2ccn(C)c2n1. The van der Waals surface area contributed by atoms with E-state index in [2.05, 4.69) is 4.98 Å². The van der Waals surface area contributed by atoms with E-state index in [1.807, 2.05) is 29.9 Å². The zero-order valence-corrected chi connectivity index (χ0v) is 7.61. The van der Waals surface area contributed by atoms with Gasteiger partial charge in [0.2, 0.25) is 0 Å². The molecule has 0 aliphatic rings. The van der Waals surface area contributed by atoms with Crippen LogP contribution in [0.5, 0.6) is 0 Å². The molecule has 0 spiro atoms. The largest absolute Gasteiger partial charge is 0.336 e. The number of carbonyl (C=O) groups is 1. The van der Waals surface area contributed by atoms with Crippen molar-refractivity contribution in [3.63, 3.8) is 0 Å². The van der Waals surface area contributed by atoms with Crippen LogP contribution in [-0.2, 0) is 7.05 Å². The van der Waals surface area contributed by atoms with Crippen molar-refractivity contribution in [2.24, 2.45) is 7.05 Å². The third kappa shape index (κ3) is 1.22. The highest BCUT2D eigenvalue weighted by molar-refractivity contribution is 5.94. The van der Waals surface area contributed by atoms with Crippen LogP contribution in [0.1, 0.15) is 17.4 Å². The Hall–Kier alpha value is -1.64. The van der Waals surface area contributed by atoms with Gasteiger partial charge in [0.05, 0.1) is 0 Å². The van der Waals surface area contributed by atoms with Gasteiger partial charge < -0.3 is 4.57 Å². The summed E-state index contributed by atoms with van der Waals surface area (Å²) in [7, 11) is 1.92. The number of hydrogen-bond acceptors (Lipinski definition) is 2. The third-order valence-corrected chi connectivity index (χ3v) is 2.08. The summed E-state index contributed by atoms with van der Waals surface area (Å²) in [6.45, 7) is 1.52. The molecule has 2 rings (SSSR count). The Morgan fingerprint density at radius 3 is 2.85 bits per heavy atom. The van der Waals surface area contributed by atoms with Crippen LogP contribution >= 0.6 is 0 Å². The van der Waals surface area contributed by atoms with Crippen molar-refractivity contribution in [3.05, 3.63) is 30.1 Å². The molecular formula is C10H10N2O. The van der Waals surface area contributed by atoms with E-state index in [9.17, 15) is 4.79 Å². The maximum absolute atomic E-state index is 11.1. The second-order valence-electron chi connectivity index (χ2n) is 3.09. The lowest BCUT2D eigenvalue weighted by Crippen LogP contribution is -1.98. The van der Waals surface area contributed by atoms with Crippen molar-refractivity contribution in [1.29, 1.82) is 0 Å². The molecule has 0 saturated carbocycles. The summed E-state index contributed by atoms with van der Waals surface area (Å²) in [5, 5.41) is 1.06. The number of Topliss-reactive ketones (excluding diaryl/α,β-unsaturated/α-hetero) is 1. The van der Waals surface area contributed by atoms with Gasteiger partial charge in [0.1, 0.15) is 11.3 Å². The van der Waals surface area contributed by atoms with E-state index in [1.165, 1.54) is 6.92 Å². The van der Waals surface area contributed by atoms with Gasteiger partial charge in [-0.3, -0.25) is 4.79 Å². The zero-order valence-electron chi connectivity index (χ0n) is 7.61. The number of aromatic nitrogens is 2. The first kappa shape index (κ1) is 7.98. The minimum atomic E-state index is 0.00287. The normalized spacial score (nSPS) is 10.6. The lowest BCUT2D eigenvalue weighted by Gasteiger charge is -1.97. The van der Waals surface area contributed by atoms with Gasteiger partial charge in [-0.25, -0.2) is 4.98 Å². The Bertz CT molecular complexity index is 471. The molecule has 0 saturated heterocycles. The van der Waals surface area contributed by atoms with Crippen LogP contribution in [0.3, 0.4) is 0 Å². The fraction of sp³-hybridized carbons (Fsp3) is 0.200. The molecule has 66 valence electrons. The second kappa shape index (κ2) is 2.69. The Kier molecular flexibility index (Phi) is 1.65. The summed E-state index contributed by atoms with van der Waals surface area (Å²) < 4.78 is 1.90. The van der Waals surface area contributed by atoms with E-state index in [4.69, 9.17) is 0 Å². The van der Waals surface area contributed by atoms with Gasteiger partial charge in [-0.1, -0.05) is 0 Å². The van der Waals surface area contributed by atoms with Gasteiger partial charge in [0.15, 0.2) is 5.78 Å². The molecule has 0 bridgehead atoms. The highest BCUT2D eigenvalue weighted by Gasteiger charge is 2.04. The number of hydrogen-bond donors (Lipinski definition) is 0. The molecule has 2 aromatic heterocycles.